The van der Waals surface area contributed by atoms with Gasteiger partial charge in [0.1, 0.15) is 48.8 Å². The molecule has 0 spiro atoms. The Morgan fingerprint density at radius 1 is 0.630 bits per heavy atom. The van der Waals surface area contributed by atoms with Crippen molar-refractivity contribution >= 4 is 11.9 Å². The normalized spacial score (nSPS) is 33.7. The quantitative estimate of drug-likeness (QED) is 0.0725. The molecule has 14 heteroatoms. The Kier molecular flexibility index (Phi) is 15.9. The van der Waals surface area contributed by atoms with E-state index in [1.807, 2.05) is 32.1 Å². The number of allylic oxidation sites excluding steroid dienone is 12. The van der Waals surface area contributed by atoms with Crippen molar-refractivity contribution in [2.75, 3.05) is 13.2 Å². The summed E-state index contributed by atoms with van der Waals surface area (Å²) in [6.07, 6.45) is 0.855. The number of aliphatic carboxylic acids is 1. The van der Waals surface area contributed by atoms with Gasteiger partial charge in [-0.1, -0.05) is 71.9 Å². The summed E-state index contributed by atoms with van der Waals surface area (Å²) in [5.41, 5.74) is 2.11. The lowest BCUT2D eigenvalue weighted by atomic mass is 9.98. The number of hydrogen-bond acceptors (Lipinski definition) is 13. The van der Waals surface area contributed by atoms with E-state index in [1.165, 1.54) is 26.0 Å². The molecule has 2 fully saturated rings. The van der Waals surface area contributed by atoms with E-state index in [2.05, 4.69) is 0 Å². The van der Waals surface area contributed by atoms with Gasteiger partial charge < -0.3 is 59.8 Å². The number of aliphatic hydroxyl groups is 7. The molecule has 2 saturated heterocycles. The number of hydrogen-bond donors (Lipinski definition) is 8. The molecule has 2 heterocycles. The van der Waals surface area contributed by atoms with Crippen LogP contribution in [-0.4, -0.2) is 127 Å². The molecule has 2 rings (SSSR count). The van der Waals surface area contributed by atoms with Crippen LogP contribution < -0.4 is 0 Å². The van der Waals surface area contributed by atoms with Gasteiger partial charge in [-0.25, -0.2) is 9.59 Å². The third kappa shape index (κ3) is 11.5. The van der Waals surface area contributed by atoms with Gasteiger partial charge in [-0.2, -0.15) is 0 Å². The highest BCUT2D eigenvalue weighted by molar-refractivity contribution is 5.88. The molecule has 46 heavy (non-hydrogen) atoms. The average molecular weight is 653 g/mol. The van der Waals surface area contributed by atoms with E-state index in [1.54, 1.807) is 30.4 Å². The van der Waals surface area contributed by atoms with Crippen LogP contribution in [0.3, 0.4) is 0 Å². The summed E-state index contributed by atoms with van der Waals surface area (Å²) in [6, 6.07) is 0. The third-order valence-corrected chi connectivity index (χ3v) is 7.06. The van der Waals surface area contributed by atoms with Crippen molar-refractivity contribution < 1.29 is 69.4 Å². The highest BCUT2D eigenvalue weighted by Gasteiger charge is 2.48. The van der Waals surface area contributed by atoms with Gasteiger partial charge in [-0.15, -0.1) is 0 Å². The molecule has 14 nitrogen and oxygen atoms in total. The predicted octanol–water partition coefficient (Wildman–Crippen LogP) is -0.308. The second-order valence-electron chi connectivity index (χ2n) is 10.9. The first-order chi connectivity index (χ1) is 21.7. The average Bonchev–Trinajstić information content (AvgIpc) is 3.02. The lowest BCUT2D eigenvalue weighted by Gasteiger charge is -2.42. The molecule has 4 unspecified atom stereocenters. The molecule has 0 aliphatic carbocycles. The molecule has 10 atom stereocenters. The predicted molar refractivity (Wildman–Crippen MR) is 163 cm³/mol. The Hall–Kier alpha value is -3.28. The standard InChI is InChI=1S/C32H44O14/c1-17(11-7-13-19(3)29(40)41)9-5-6-10-18(2)12-8-14-20(4)30(42)46-32-28(39)26(37)24(35)22(45-32)16-43-31-27(38)25(36)23(34)21(15-33)44-31/h5-14,21-28,31-39H,15-16H2,1-4H3,(H,40,41)/b6-5+,11-7+,12-8+,17-9+,18-10+,19-13+,20-14+/t21?,22?,23-,24-,25+,26+,27?,28?,31-,32+/m1/s1. The van der Waals surface area contributed by atoms with Crippen LogP contribution in [0.4, 0.5) is 0 Å². The Balaban J connectivity index is 1.94. The molecule has 0 bridgehead atoms. The molecular weight excluding hydrogens is 608 g/mol. The number of carboxylic acids is 1. The molecule has 0 amide bonds. The van der Waals surface area contributed by atoms with Crippen LogP contribution in [-0.2, 0) is 28.5 Å². The van der Waals surface area contributed by atoms with E-state index in [-0.39, 0.29) is 11.1 Å². The van der Waals surface area contributed by atoms with Crippen molar-refractivity contribution in [3.63, 3.8) is 0 Å². The SMILES string of the molecule is CC(/C=C/C=C(\C)C(=O)O)=C\C=C\C=C(C)\C=C\C=C(/C)C(=O)O[C@@H]1OC(CO[C@@H]2OC(CO)[C@@H](O)[C@H](O)C2O)[C@@H](O)[C@H](O)C1O. The van der Waals surface area contributed by atoms with Crippen molar-refractivity contribution in [3.8, 4) is 0 Å². The van der Waals surface area contributed by atoms with Crippen LogP contribution >= 0.6 is 0 Å². The second-order valence-corrected chi connectivity index (χ2v) is 10.9. The third-order valence-electron chi connectivity index (χ3n) is 7.06. The number of rotatable bonds is 13. The molecule has 8 N–H and O–H groups in total. The maximum absolute atomic E-state index is 12.6. The summed E-state index contributed by atoms with van der Waals surface area (Å²) >= 11 is 0. The Labute approximate surface area is 266 Å². The van der Waals surface area contributed by atoms with Gasteiger partial charge in [0.2, 0.25) is 6.29 Å². The van der Waals surface area contributed by atoms with Crippen LogP contribution in [0.15, 0.2) is 83.1 Å². The fourth-order valence-electron chi connectivity index (χ4n) is 4.10. The maximum Gasteiger partial charge on any atom is 0.336 e. The zero-order valence-electron chi connectivity index (χ0n) is 26.0. The first-order valence-electron chi connectivity index (χ1n) is 14.5. The molecule has 2 aliphatic rings. The Bertz CT molecular complexity index is 1240. The number of carbonyl (C=O) groups is 2. The van der Waals surface area contributed by atoms with Crippen molar-refractivity contribution in [1.29, 1.82) is 0 Å². The highest BCUT2D eigenvalue weighted by Crippen LogP contribution is 2.26. The fraction of sp³-hybridized carbons (Fsp3) is 0.500. The van der Waals surface area contributed by atoms with Crippen molar-refractivity contribution in [2.45, 2.75) is 89.1 Å². The van der Waals surface area contributed by atoms with Crippen LogP contribution in [0.5, 0.6) is 0 Å². The zero-order valence-corrected chi connectivity index (χ0v) is 26.0. The van der Waals surface area contributed by atoms with Gasteiger partial charge >= 0.3 is 11.9 Å². The van der Waals surface area contributed by atoms with Gasteiger partial charge in [0.05, 0.1) is 13.2 Å². The zero-order chi connectivity index (χ0) is 34.6. The van der Waals surface area contributed by atoms with Gasteiger partial charge in [-0.05, 0) is 27.7 Å². The van der Waals surface area contributed by atoms with E-state index in [4.69, 9.17) is 24.1 Å². The maximum atomic E-state index is 12.6. The van der Waals surface area contributed by atoms with Crippen LogP contribution in [0.2, 0.25) is 0 Å². The van der Waals surface area contributed by atoms with E-state index < -0.39 is 86.6 Å². The molecule has 0 radical (unpaired) electrons. The summed E-state index contributed by atoms with van der Waals surface area (Å²) in [4.78, 5) is 23.4. The number of aliphatic hydroxyl groups excluding tert-OH is 7. The molecule has 0 aromatic rings. The first-order valence-corrected chi connectivity index (χ1v) is 14.5. The van der Waals surface area contributed by atoms with Crippen molar-refractivity contribution in [2.24, 2.45) is 0 Å². The van der Waals surface area contributed by atoms with Crippen molar-refractivity contribution in [1.82, 2.24) is 0 Å². The summed E-state index contributed by atoms with van der Waals surface area (Å²) in [7, 11) is 0. The molecule has 0 saturated carbocycles. The molecule has 0 aromatic carbocycles. The number of ether oxygens (including phenoxy) is 4. The van der Waals surface area contributed by atoms with E-state index in [0.717, 1.165) is 11.1 Å². The summed E-state index contributed by atoms with van der Waals surface area (Å²) in [6.45, 7) is 5.43. The van der Waals surface area contributed by atoms with E-state index >= 15 is 0 Å². The van der Waals surface area contributed by atoms with Gasteiger partial charge in [0.15, 0.2) is 6.29 Å². The topological polar surface area (TPSA) is 233 Å². The second kappa shape index (κ2) is 18.8. The molecule has 2 aliphatic heterocycles. The Morgan fingerprint density at radius 3 is 1.63 bits per heavy atom. The minimum absolute atomic E-state index is 0.127. The van der Waals surface area contributed by atoms with E-state index in [9.17, 15) is 45.3 Å². The first kappa shape index (κ1) is 38.9. The number of esters is 1. The Morgan fingerprint density at radius 2 is 1.11 bits per heavy atom. The largest absolute Gasteiger partial charge is 0.478 e. The van der Waals surface area contributed by atoms with Gasteiger partial charge in [0, 0.05) is 11.1 Å². The lowest BCUT2D eigenvalue weighted by molar-refractivity contribution is -0.326. The molecule has 256 valence electrons. The fourth-order valence-corrected chi connectivity index (χ4v) is 4.10. The highest BCUT2D eigenvalue weighted by atomic mass is 16.7. The molecular formula is C32H44O14. The lowest BCUT2D eigenvalue weighted by Crippen LogP contribution is -2.61. The van der Waals surface area contributed by atoms with Crippen LogP contribution in [0, 0.1) is 0 Å². The number of carboxylic acid groups (broad SMARTS) is 1. The monoisotopic (exact) mass is 652 g/mol. The van der Waals surface area contributed by atoms with Gasteiger partial charge in [-0.3, -0.25) is 0 Å². The number of carbonyl (C=O) groups excluding carboxylic acids is 1. The molecule has 0 aromatic heterocycles. The van der Waals surface area contributed by atoms with E-state index in [0.29, 0.717) is 0 Å². The summed E-state index contributed by atoms with van der Waals surface area (Å²) in [5, 5.41) is 79.1. The van der Waals surface area contributed by atoms with Gasteiger partial charge in [0.25, 0.3) is 0 Å². The minimum Gasteiger partial charge on any atom is -0.478 e. The summed E-state index contributed by atoms with van der Waals surface area (Å²) in [5.74, 6) is -1.86. The summed E-state index contributed by atoms with van der Waals surface area (Å²) < 4.78 is 21.3. The smallest absolute Gasteiger partial charge is 0.336 e. The minimum atomic E-state index is -1.80. The van der Waals surface area contributed by atoms with Crippen molar-refractivity contribution in [3.05, 3.63) is 83.1 Å². The van der Waals surface area contributed by atoms with Crippen LogP contribution in [0.1, 0.15) is 27.7 Å². The van der Waals surface area contributed by atoms with Crippen LogP contribution in [0.25, 0.3) is 0 Å².